The molecule has 0 bridgehead atoms. The van der Waals surface area contributed by atoms with Crippen molar-refractivity contribution in [2.75, 3.05) is 23.9 Å². The van der Waals surface area contributed by atoms with E-state index in [-0.39, 0.29) is 11.9 Å². The number of fused-ring (bicyclic) bond motifs is 1. The minimum Gasteiger partial charge on any atom is -0.378 e. The summed E-state index contributed by atoms with van der Waals surface area (Å²) in [5.74, 6) is 0.0692. The molecule has 1 heterocycles. The van der Waals surface area contributed by atoms with Gasteiger partial charge in [0, 0.05) is 31.0 Å². The van der Waals surface area contributed by atoms with Gasteiger partial charge < -0.3 is 9.80 Å². The number of rotatable bonds is 3. The third-order valence-electron chi connectivity index (χ3n) is 5.02. The van der Waals surface area contributed by atoms with Gasteiger partial charge in [-0.05, 0) is 47.9 Å². The highest BCUT2D eigenvalue weighted by molar-refractivity contribution is 6.08. The molecule has 4 rings (SSSR count). The molecule has 1 atom stereocenters. The lowest BCUT2D eigenvalue weighted by Gasteiger charge is -2.37. The number of para-hydroxylation sites is 1. The third kappa shape index (κ3) is 2.86. The number of benzene rings is 3. The van der Waals surface area contributed by atoms with Crippen LogP contribution in [0, 0.1) is 0 Å². The topological polar surface area (TPSA) is 23.6 Å². The van der Waals surface area contributed by atoms with Crippen LogP contribution in [0.4, 0.5) is 11.4 Å². The van der Waals surface area contributed by atoms with Gasteiger partial charge in [0.25, 0.3) is 5.91 Å². The summed E-state index contributed by atoms with van der Waals surface area (Å²) in [5, 5.41) is 0. The van der Waals surface area contributed by atoms with Crippen molar-refractivity contribution >= 4 is 17.3 Å². The van der Waals surface area contributed by atoms with Crippen molar-refractivity contribution < 1.29 is 4.79 Å². The van der Waals surface area contributed by atoms with Crippen molar-refractivity contribution in [2.24, 2.45) is 0 Å². The summed E-state index contributed by atoms with van der Waals surface area (Å²) in [6.07, 6.45) is 0.818. The Morgan fingerprint density at radius 2 is 1.50 bits per heavy atom. The monoisotopic (exact) mass is 342 g/mol. The highest BCUT2D eigenvalue weighted by Gasteiger charge is 2.34. The van der Waals surface area contributed by atoms with Crippen molar-refractivity contribution in [3.05, 3.63) is 95.6 Å². The molecular weight excluding hydrogens is 320 g/mol. The molecule has 0 aliphatic carbocycles. The molecule has 1 aliphatic heterocycles. The van der Waals surface area contributed by atoms with E-state index in [1.165, 1.54) is 0 Å². The SMILES string of the molecule is CN(C)c1ccc(C2Cc3ccccc3C(=O)N2c2ccccc2)cc1. The first-order valence-corrected chi connectivity index (χ1v) is 8.89. The average molecular weight is 342 g/mol. The molecule has 0 radical (unpaired) electrons. The minimum atomic E-state index is -0.00369. The summed E-state index contributed by atoms with van der Waals surface area (Å²) in [6, 6.07) is 26.4. The second kappa shape index (κ2) is 6.68. The first-order chi connectivity index (χ1) is 12.6. The molecule has 0 saturated heterocycles. The van der Waals surface area contributed by atoms with Crippen LogP contribution in [0.1, 0.15) is 27.5 Å². The Bertz CT molecular complexity index is 916. The zero-order valence-corrected chi connectivity index (χ0v) is 15.1. The van der Waals surface area contributed by atoms with Gasteiger partial charge in [-0.3, -0.25) is 4.79 Å². The normalized spacial score (nSPS) is 16.3. The maximum absolute atomic E-state index is 13.3. The molecule has 0 fully saturated rings. The maximum Gasteiger partial charge on any atom is 0.259 e. The lowest BCUT2D eigenvalue weighted by molar-refractivity contribution is 0.0967. The van der Waals surface area contributed by atoms with Crippen molar-refractivity contribution in [1.82, 2.24) is 0 Å². The highest BCUT2D eigenvalue weighted by Crippen LogP contribution is 2.37. The smallest absolute Gasteiger partial charge is 0.259 e. The zero-order chi connectivity index (χ0) is 18.1. The third-order valence-corrected chi connectivity index (χ3v) is 5.02. The van der Waals surface area contributed by atoms with Crippen LogP contribution in [0.15, 0.2) is 78.9 Å². The summed E-state index contributed by atoms with van der Waals surface area (Å²) in [5.41, 5.74) is 5.17. The maximum atomic E-state index is 13.3. The number of carbonyl (C=O) groups excluding carboxylic acids is 1. The molecular formula is C23H22N2O. The highest BCUT2D eigenvalue weighted by atomic mass is 16.2. The van der Waals surface area contributed by atoms with Crippen LogP contribution in [-0.4, -0.2) is 20.0 Å². The fourth-order valence-corrected chi connectivity index (χ4v) is 3.63. The van der Waals surface area contributed by atoms with Crippen LogP contribution in [0.5, 0.6) is 0 Å². The Kier molecular flexibility index (Phi) is 4.21. The van der Waals surface area contributed by atoms with Gasteiger partial charge in [0.2, 0.25) is 0 Å². The Labute approximate surface area is 154 Å². The van der Waals surface area contributed by atoms with Gasteiger partial charge in [-0.2, -0.15) is 0 Å². The van der Waals surface area contributed by atoms with E-state index in [1.54, 1.807) is 0 Å². The Morgan fingerprint density at radius 3 is 2.19 bits per heavy atom. The van der Waals surface area contributed by atoms with Crippen molar-refractivity contribution in [3.8, 4) is 0 Å². The molecule has 0 aromatic heterocycles. The van der Waals surface area contributed by atoms with E-state index in [0.717, 1.165) is 34.5 Å². The van der Waals surface area contributed by atoms with Gasteiger partial charge in [-0.25, -0.2) is 0 Å². The minimum absolute atomic E-state index is 0.00369. The van der Waals surface area contributed by atoms with E-state index in [2.05, 4.69) is 35.2 Å². The van der Waals surface area contributed by atoms with Crippen LogP contribution in [0.2, 0.25) is 0 Å². The molecule has 1 unspecified atom stereocenters. The van der Waals surface area contributed by atoms with E-state index in [9.17, 15) is 4.79 Å². The van der Waals surface area contributed by atoms with Gasteiger partial charge >= 0.3 is 0 Å². The summed E-state index contributed by atoms with van der Waals surface area (Å²) >= 11 is 0. The van der Waals surface area contributed by atoms with Crippen LogP contribution < -0.4 is 9.80 Å². The molecule has 3 nitrogen and oxygen atoms in total. The first kappa shape index (κ1) is 16.4. The Morgan fingerprint density at radius 1 is 0.846 bits per heavy atom. The molecule has 3 aromatic carbocycles. The van der Waals surface area contributed by atoms with Gasteiger partial charge in [0.05, 0.1) is 6.04 Å². The largest absolute Gasteiger partial charge is 0.378 e. The molecule has 1 aliphatic rings. The van der Waals surface area contributed by atoms with Gasteiger partial charge in [-0.1, -0.05) is 48.5 Å². The second-order valence-corrected chi connectivity index (χ2v) is 6.87. The number of carbonyl (C=O) groups is 1. The van der Waals surface area contributed by atoms with E-state index < -0.39 is 0 Å². The molecule has 0 saturated carbocycles. The van der Waals surface area contributed by atoms with Crippen LogP contribution in [-0.2, 0) is 6.42 Å². The predicted molar refractivity (Wildman–Crippen MR) is 107 cm³/mol. The van der Waals surface area contributed by atoms with Crippen LogP contribution in [0.25, 0.3) is 0 Å². The number of amides is 1. The van der Waals surface area contributed by atoms with Crippen molar-refractivity contribution in [1.29, 1.82) is 0 Å². The number of hydrogen-bond donors (Lipinski definition) is 0. The molecule has 0 spiro atoms. The predicted octanol–water partition coefficient (Wildman–Crippen LogP) is 4.70. The summed E-state index contributed by atoms with van der Waals surface area (Å²) in [7, 11) is 4.07. The van der Waals surface area contributed by atoms with Gasteiger partial charge in [0.15, 0.2) is 0 Å². The molecule has 3 heteroatoms. The fraction of sp³-hybridized carbons (Fsp3) is 0.174. The van der Waals surface area contributed by atoms with E-state index >= 15 is 0 Å². The lowest BCUT2D eigenvalue weighted by Crippen LogP contribution is -2.40. The van der Waals surface area contributed by atoms with Crippen LogP contribution in [0.3, 0.4) is 0 Å². The molecule has 130 valence electrons. The van der Waals surface area contributed by atoms with Crippen molar-refractivity contribution in [3.63, 3.8) is 0 Å². The lowest BCUT2D eigenvalue weighted by atomic mass is 9.89. The summed E-state index contributed by atoms with van der Waals surface area (Å²) in [4.78, 5) is 17.3. The van der Waals surface area contributed by atoms with Gasteiger partial charge in [-0.15, -0.1) is 0 Å². The molecule has 0 N–H and O–H groups in total. The zero-order valence-electron chi connectivity index (χ0n) is 15.1. The number of anilines is 2. The van der Waals surface area contributed by atoms with E-state index in [1.807, 2.05) is 67.5 Å². The standard InChI is InChI=1S/C23H22N2O/c1-24(2)19-14-12-17(13-15-19)22-16-18-8-6-7-11-21(18)23(26)25(22)20-9-4-3-5-10-20/h3-15,22H,16H2,1-2H3. The molecule has 26 heavy (non-hydrogen) atoms. The Balaban J connectivity index is 1.81. The summed E-state index contributed by atoms with van der Waals surface area (Å²) < 4.78 is 0. The van der Waals surface area contributed by atoms with Crippen LogP contribution >= 0.6 is 0 Å². The summed E-state index contributed by atoms with van der Waals surface area (Å²) in [6.45, 7) is 0. The van der Waals surface area contributed by atoms with E-state index in [4.69, 9.17) is 0 Å². The Hall–Kier alpha value is -3.07. The molecule has 3 aromatic rings. The second-order valence-electron chi connectivity index (χ2n) is 6.87. The van der Waals surface area contributed by atoms with Crippen molar-refractivity contribution in [2.45, 2.75) is 12.5 Å². The fourth-order valence-electron chi connectivity index (χ4n) is 3.63. The number of hydrogen-bond acceptors (Lipinski definition) is 2. The number of nitrogens with zero attached hydrogens (tertiary/aromatic N) is 2. The quantitative estimate of drug-likeness (QED) is 0.689. The molecule has 1 amide bonds. The van der Waals surface area contributed by atoms with Gasteiger partial charge in [0.1, 0.15) is 0 Å². The van der Waals surface area contributed by atoms with E-state index in [0.29, 0.717) is 0 Å². The average Bonchev–Trinajstić information content (AvgIpc) is 2.68. The first-order valence-electron chi connectivity index (χ1n) is 8.89.